The van der Waals surface area contributed by atoms with Crippen LogP contribution in [0.4, 0.5) is 4.79 Å². The minimum Gasteiger partial charge on any atom is -0.390 e. The number of amides is 2. The molecule has 2 amide bonds. The predicted octanol–water partition coefficient (Wildman–Crippen LogP) is 3.12. The highest BCUT2D eigenvalue weighted by molar-refractivity contribution is 6.09. The Kier molecular flexibility index (Phi) is 6.11. The number of fused-ring (bicyclic) bond motifs is 1. The van der Waals surface area contributed by atoms with Crippen LogP contribution in [0.15, 0.2) is 41.5 Å². The number of pyridine rings is 1. The van der Waals surface area contributed by atoms with Gasteiger partial charge in [-0.2, -0.15) is 0 Å². The first-order valence-electron chi connectivity index (χ1n) is 11.1. The minimum absolute atomic E-state index is 0.0235. The van der Waals surface area contributed by atoms with Crippen LogP contribution in [0.5, 0.6) is 0 Å². The topological polar surface area (TPSA) is 94.9 Å². The molecule has 1 aromatic heterocycles. The molecule has 7 nitrogen and oxygen atoms in total. The molecule has 0 radical (unpaired) electrons. The van der Waals surface area contributed by atoms with Gasteiger partial charge in [-0.1, -0.05) is 29.8 Å². The van der Waals surface area contributed by atoms with Crippen LogP contribution in [0.25, 0.3) is 0 Å². The molecule has 2 aromatic rings. The van der Waals surface area contributed by atoms with Crippen LogP contribution in [0.3, 0.4) is 0 Å². The summed E-state index contributed by atoms with van der Waals surface area (Å²) in [6.45, 7) is 7.51. The van der Waals surface area contributed by atoms with Crippen molar-refractivity contribution < 1.29 is 14.7 Å². The second-order valence-corrected chi connectivity index (χ2v) is 9.30. The lowest BCUT2D eigenvalue weighted by Crippen LogP contribution is -2.49. The second-order valence-electron chi connectivity index (χ2n) is 9.30. The first-order valence-corrected chi connectivity index (χ1v) is 11.1. The number of nitrogens with zero attached hydrogens (tertiary/aromatic N) is 3. The molecule has 0 spiro atoms. The zero-order valence-corrected chi connectivity index (χ0v) is 18.9. The van der Waals surface area contributed by atoms with Crippen molar-refractivity contribution in [3.8, 4) is 0 Å². The Balaban J connectivity index is 1.41. The number of nitrogens with one attached hydrogen (secondary N) is 1. The number of hydrogen-bond donors (Lipinski definition) is 2. The third kappa shape index (κ3) is 4.88. The fourth-order valence-electron chi connectivity index (χ4n) is 4.12. The molecular formula is C25H30N4O3. The van der Waals surface area contributed by atoms with Gasteiger partial charge in [0.25, 0.3) is 0 Å². The Labute approximate surface area is 188 Å². The largest absolute Gasteiger partial charge is 0.390 e. The summed E-state index contributed by atoms with van der Waals surface area (Å²) in [5, 5.41) is 13.5. The number of Topliss-reactive ketones (excluding diaryl/α,β-unsaturated/α-hetero) is 1. The number of aromatic nitrogens is 1. The lowest BCUT2D eigenvalue weighted by molar-refractivity contribution is -0.120. The van der Waals surface area contributed by atoms with E-state index in [1.807, 2.05) is 37.3 Å². The van der Waals surface area contributed by atoms with E-state index in [1.165, 1.54) is 0 Å². The second kappa shape index (κ2) is 8.82. The van der Waals surface area contributed by atoms with Crippen LogP contribution in [0, 0.1) is 6.92 Å². The summed E-state index contributed by atoms with van der Waals surface area (Å²) in [7, 11) is 0. The maximum Gasteiger partial charge on any atom is 0.323 e. The first kappa shape index (κ1) is 22.1. The van der Waals surface area contributed by atoms with Crippen LogP contribution in [-0.2, 0) is 17.8 Å². The number of aliphatic hydroxyl groups is 1. The van der Waals surface area contributed by atoms with Gasteiger partial charge in [0.1, 0.15) is 11.6 Å². The normalized spacial score (nSPS) is 16.1. The number of rotatable bonds is 6. The number of aliphatic imine (C=N–C) groups is 1. The van der Waals surface area contributed by atoms with Crippen molar-refractivity contribution in [1.29, 1.82) is 0 Å². The van der Waals surface area contributed by atoms with Crippen molar-refractivity contribution in [1.82, 2.24) is 15.2 Å². The van der Waals surface area contributed by atoms with E-state index in [-0.39, 0.29) is 30.6 Å². The number of ketones is 1. The van der Waals surface area contributed by atoms with E-state index in [4.69, 9.17) is 0 Å². The van der Waals surface area contributed by atoms with E-state index in [1.54, 1.807) is 24.9 Å². The van der Waals surface area contributed by atoms with E-state index in [0.717, 1.165) is 41.8 Å². The van der Waals surface area contributed by atoms with E-state index < -0.39 is 5.60 Å². The van der Waals surface area contributed by atoms with Gasteiger partial charge in [-0.15, -0.1) is 0 Å². The molecule has 2 aliphatic heterocycles. The molecule has 168 valence electrons. The van der Waals surface area contributed by atoms with Crippen LogP contribution in [0.2, 0.25) is 0 Å². The average Bonchev–Trinajstić information content (AvgIpc) is 3.06. The van der Waals surface area contributed by atoms with Gasteiger partial charge in [-0.3, -0.25) is 20.1 Å². The number of hydrogen-bond acceptors (Lipinski definition) is 5. The highest BCUT2D eigenvalue weighted by Crippen LogP contribution is 2.32. The fourth-order valence-corrected chi connectivity index (χ4v) is 4.12. The average molecular weight is 435 g/mol. The Bertz CT molecular complexity index is 1050. The van der Waals surface area contributed by atoms with Gasteiger partial charge >= 0.3 is 6.03 Å². The molecule has 0 saturated carbocycles. The molecule has 1 saturated heterocycles. The highest BCUT2D eigenvalue weighted by Gasteiger charge is 2.31. The van der Waals surface area contributed by atoms with Gasteiger partial charge in [-0.25, -0.2) is 4.79 Å². The third-order valence-corrected chi connectivity index (χ3v) is 6.22. The van der Waals surface area contributed by atoms with Gasteiger partial charge < -0.3 is 10.0 Å². The van der Waals surface area contributed by atoms with Crippen molar-refractivity contribution in [2.24, 2.45) is 4.99 Å². The Morgan fingerprint density at radius 2 is 1.94 bits per heavy atom. The number of likely N-dealkylation sites (tertiary alicyclic amines) is 1. The summed E-state index contributed by atoms with van der Waals surface area (Å²) in [4.78, 5) is 35.7. The summed E-state index contributed by atoms with van der Waals surface area (Å²) in [5.41, 5.74) is 3.52. The Morgan fingerprint density at radius 1 is 1.22 bits per heavy atom. The summed E-state index contributed by atoms with van der Waals surface area (Å²) >= 11 is 0. The molecule has 2 aliphatic rings. The van der Waals surface area contributed by atoms with E-state index >= 15 is 0 Å². The molecule has 1 fully saturated rings. The third-order valence-electron chi connectivity index (χ3n) is 6.22. The van der Waals surface area contributed by atoms with Gasteiger partial charge in [0.15, 0.2) is 0 Å². The standard InChI is InChI=1S/C25H30N4O3/c1-16-5-7-17(8-6-16)22(25(2,3)32)13-20(30)12-19-11-18-14-27-23(21(18)15-26-19)28-24(31)29-9-4-10-29/h5-8,11,15,22,32H,4,9-10,12-14H2,1-3H3,(H,27,28,31)/t22-/m0/s1. The SMILES string of the molecule is Cc1ccc([C@H](CC(=O)Cc2cc3c(cn2)C(NC(=O)N2CCC2)=NC3)C(C)(C)O)cc1. The number of aryl methyl sites for hydroxylation is 1. The number of amidine groups is 1. The number of carbonyl (C=O) groups is 2. The first-order chi connectivity index (χ1) is 15.2. The fraction of sp³-hybridized carbons (Fsp3) is 0.440. The van der Waals surface area contributed by atoms with Crippen molar-refractivity contribution in [3.05, 3.63) is 64.5 Å². The molecule has 0 aliphatic carbocycles. The van der Waals surface area contributed by atoms with Gasteiger partial charge in [0.2, 0.25) is 0 Å². The minimum atomic E-state index is -1.02. The van der Waals surface area contributed by atoms with Crippen LogP contribution in [-0.4, -0.2) is 51.3 Å². The zero-order valence-electron chi connectivity index (χ0n) is 18.9. The molecule has 3 heterocycles. The van der Waals surface area contributed by atoms with Crippen LogP contribution < -0.4 is 5.32 Å². The molecule has 7 heteroatoms. The summed E-state index contributed by atoms with van der Waals surface area (Å²) in [5.74, 6) is 0.274. The van der Waals surface area contributed by atoms with E-state index in [0.29, 0.717) is 18.1 Å². The Morgan fingerprint density at radius 3 is 2.56 bits per heavy atom. The van der Waals surface area contributed by atoms with E-state index in [9.17, 15) is 14.7 Å². The highest BCUT2D eigenvalue weighted by atomic mass is 16.3. The van der Waals surface area contributed by atoms with Crippen molar-refractivity contribution in [2.75, 3.05) is 13.1 Å². The molecular weight excluding hydrogens is 404 g/mol. The maximum atomic E-state index is 12.9. The molecule has 4 rings (SSSR count). The Hall–Kier alpha value is -3.06. The molecule has 32 heavy (non-hydrogen) atoms. The van der Waals surface area contributed by atoms with Crippen molar-refractivity contribution in [2.45, 2.75) is 58.1 Å². The molecule has 0 unspecified atom stereocenters. The van der Waals surface area contributed by atoms with Gasteiger partial charge in [-0.05, 0) is 44.4 Å². The summed E-state index contributed by atoms with van der Waals surface area (Å²) < 4.78 is 0. The van der Waals surface area contributed by atoms with Gasteiger partial charge in [0.05, 0.1) is 12.1 Å². The lowest BCUT2D eigenvalue weighted by atomic mass is 9.80. The monoisotopic (exact) mass is 434 g/mol. The quantitative estimate of drug-likeness (QED) is 0.730. The predicted molar refractivity (Wildman–Crippen MR) is 123 cm³/mol. The zero-order chi connectivity index (χ0) is 22.9. The maximum absolute atomic E-state index is 12.9. The number of carbonyl (C=O) groups excluding carboxylic acids is 2. The molecule has 2 N–H and O–H groups in total. The smallest absolute Gasteiger partial charge is 0.323 e. The van der Waals surface area contributed by atoms with Crippen LogP contribution in [0.1, 0.15) is 60.6 Å². The number of urea groups is 1. The number of benzene rings is 1. The van der Waals surface area contributed by atoms with Gasteiger partial charge in [0, 0.05) is 49.3 Å². The van der Waals surface area contributed by atoms with Crippen molar-refractivity contribution >= 4 is 17.6 Å². The molecule has 1 atom stereocenters. The lowest BCUT2D eigenvalue weighted by Gasteiger charge is -2.30. The van der Waals surface area contributed by atoms with Crippen LogP contribution >= 0.6 is 0 Å². The molecule has 0 bridgehead atoms. The van der Waals surface area contributed by atoms with Crippen molar-refractivity contribution in [3.63, 3.8) is 0 Å². The molecule has 1 aromatic carbocycles. The van der Waals surface area contributed by atoms with E-state index in [2.05, 4.69) is 15.3 Å². The summed E-state index contributed by atoms with van der Waals surface area (Å²) in [6.07, 6.45) is 3.15. The summed E-state index contributed by atoms with van der Waals surface area (Å²) in [6, 6.07) is 9.72.